The highest BCUT2D eigenvalue weighted by Gasteiger charge is 2.14. The van der Waals surface area contributed by atoms with Gasteiger partial charge in [-0.3, -0.25) is 9.79 Å². The number of amidine groups is 1. The first-order valence-corrected chi connectivity index (χ1v) is 6.74. The van der Waals surface area contributed by atoms with Gasteiger partial charge in [-0.1, -0.05) is 6.92 Å². The van der Waals surface area contributed by atoms with Crippen LogP contribution in [-0.2, 0) is 4.79 Å². The van der Waals surface area contributed by atoms with Gasteiger partial charge < -0.3 is 15.1 Å². The van der Waals surface area contributed by atoms with Crippen LogP contribution in [0.25, 0.3) is 0 Å². The van der Waals surface area contributed by atoms with Gasteiger partial charge in [0, 0.05) is 52.0 Å². The van der Waals surface area contributed by atoms with Crippen molar-refractivity contribution in [3.63, 3.8) is 0 Å². The van der Waals surface area contributed by atoms with Gasteiger partial charge in [-0.2, -0.15) is 0 Å². The molecule has 0 aromatic carbocycles. The van der Waals surface area contributed by atoms with Crippen LogP contribution in [0.3, 0.4) is 0 Å². The number of aliphatic imine (C=N–C) groups is 1. The lowest BCUT2D eigenvalue weighted by Crippen LogP contribution is -2.39. The zero-order valence-electron chi connectivity index (χ0n) is 13.2. The predicted molar refractivity (Wildman–Crippen MR) is 81.4 cm³/mol. The summed E-state index contributed by atoms with van der Waals surface area (Å²) in [6.45, 7) is 8.70. The second-order valence-electron chi connectivity index (χ2n) is 4.62. The van der Waals surface area contributed by atoms with E-state index in [0.717, 1.165) is 43.0 Å². The largest absolute Gasteiger partial charge is 0.391 e. The topological polar surface area (TPSA) is 47.9 Å². The molecule has 1 amide bonds. The summed E-state index contributed by atoms with van der Waals surface area (Å²) in [6, 6.07) is 0. The highest BCUT2D eigenvalue weighted by Crippen LogP contribution is 2.08. The molecule has 0 radical (unpaired) electrons. The molecule has 0 bridgehead atoms. The molecule has 19 heavy (non-hydrogen) atoms. The third-order valence-electron chi connectivity index (χ3n) is 3.18. The molecule has 0 aliphatic heterocycles. The molecule has 0 aromatic heterocycles. The fourth-order valence-electron chi connectivity index (χ4n) is 1.83. The third kappa shape index (κ3) is 5.77. The first-order chi connectivity index (χ1) is 9.01. The Morgan fingerprint density at radius 3 is 2.32 bits per heavy atom. The molecule has 110 valence electrons. The van der Waals surface area contributed by atoms with Gasteiger partial charge in [0.15, 0.2) is 0 Å². The van der Waals surface area contributed by atoms with Crippen molar-refractivity contribution < 1.29 is 4.79 Å². The Bertz CT molecular complexity index is 336. The van der Waals surface area contributed by atoms with Crippen LogP contribution in [0, 0.1) is 0 Å². The summed E-state index contributed by atoms with van der Waals surface area (Å²) in [5, 5.41) is 3.16. The van der Waals surface area contributed by atoms with E-state index < -0.39 is 0 Å². The Morgan fingerprint density at radius 2 is 1.89 bits per heavy atom. The number of carbonyl (C=O) groups excluding carboxylic acids is 1. The molecule has 0 fully saturated rings. The minimum atomic E-state index is 0.703. The molecule has 5 heteroatoms. The predicted octanol–water partition coefficient (Wildman–Crippen LogP) is 1.33. The first-order valence-electron chi connectivity index (χ1n) is 6.74. The Hall–Kier alpha value is -1.52. The fourth-order valence-corrected chi connectivity index (χ4v) is 1.83. The monoisotopic (exact) mass is 268 g/mol. The molecule has 0 rings (SSSR count). The summed E-state index contributed by atoms with van der Waals surface area (Å²) in [5.41, 5.74) is 2.26. The second-order valence-corrected chi connectivity index (χ2v) is 4.62. The van der Waals surface area contributed by atoms with E-state index >= 15 is 0 Å². The number of likely N-dealkylation sites (N-methyl/N-ethyl adjacent to an activating group) is 1. The molecule has 0 aliphatic rings. The maximum atomic E-state index is 10.7. The molecule has 0 unspecified atom stereocenters. The molecule has 1 N–H and O–H groups in total. The smallest absolute Gasteiger partial charge is 0.209 e. The molecule has 0 heterocycles. The molecular formula is C14H28N4O. The van der Waals surface area contributed by atoms with E-state index in [0.29, 0.717) is 6.54 Å². The van der Waals surface area contributed by atoms with Crippen molar-refractivity contribution in [2.24, 2.45) is 4.99 Å². The normalized spacial score (nSPS) is 12.8. The third-order valence-corrected chi connectivity index (χ3v) is 3.18. The van der Waals surface area contributed by atoms with Gasteiger partial charge in [-0.05, 0) is 20.3 Å². The SMILES string of the molecule is CCCN(CCN(C)C=O)C(=NC)/C(C)=C(\C)NC. The van der Waals surface area contributed by atoms with E-state index in [1.54, 1.807) is 11.9 Å². The van der Waals surface area contributed by atoms with E-state index in [-0.39, 0.29) is 0 Å². The van der Waals surface area contributed by atoms with Crippen LogP contribution in [0.1, 0.15) is 27.2 Å². The summed E-state index contributed by atoms with van der Waals surface area (Å²) in [6.07, 6.45) is 1.91. The lowest BCUT2D eigenvalue weighted by Gasteiger charge is -2.28. The van der Waals surface area contributed by atoms with Gasteiger partial charge >= 0.3 is 0 Å². The summed E-state index contributed by atoms with van der Waals surface area (Å²) in [4.78, 5) is 19.0. The number of carbonyl (C=O) groups is 1. The molecular weight excluding hydrogens is 240 g/mol. The highest BCUT2D eigenvalue weighted by atomic mass is 16.1. The van der Waals surface area contributed by atoms with Crippen LogP contribution in [-0.4, -0.2) is 62.8 Å². The lowest BCUT2D eigenvalue weighted by atomic mass is 10.2. The Morgan fingerprint density at radius 1 is 1.26 bits per heavy atom. The Labute approximate surface area is 117 Å². The lowest BCUT2D eigenvalue weighted by molar-refractivity contribution is -0.117. The van der Waals surface area contributed by atoms with Crippen LogP contribution in [0.15, 0.2) is 16.3 Å². The van der Waals surface area contributed by atoms with Crippen LogP contribution in [0.5, 0.6) is 0 Å². The molecule has 0 saturated carbocycles. The van der Waals surface area contributed by atoms with Crippen molar-refractivity contribution in [2.75, 3.05) is 40.8 Å². The van der Waals surface area contributed by atoms with Crippen LogP contribution < -0.4 is 5.32 Å². The molecule has 0 aromatic rings. The summed E-state index contributed by atoms with van der Waals surface area (Å²) >= 11 is 0. The van der Waals surface area contributed by atoms with Crippen molar-refractivity contribution >= 4 is 12.2 Å². The standard InChI is InChI=1S/C14H28N4O/c1-7-8-18(10-9-17(6)11-19)14(16-5)12(2)13(3)15-4/h11,15H,7-10H2,1-6H3/b13-12+,16-14?. The van der Waals surface area contributed by atoms with Crippen molar-refractivity contribution in [3.8, 4) is 0 Å². The maximum Gasteiger partial charge on any atom is 0.209 e. The summed E-state index contributed by atoms with van der Waals surface area (Å²) in [5.74, 6) is 0.994. The average molecular weight is 268 g/mol. The Balaban J connectivity index is 4.97. The number of amides is 1. The number of nitrogens with one attached hydrogen (secondary N) is 1. The van der Waals surface area contributed by atoms with Gasteiger partial charge in [0.2, 0.25) is 6.41 Å². The Kier molecular flexibility index (Phi) is 8.66. The van der Waals surface area contributed by atoms with Gasteiger partial charge in [0.1, 0.15) is 5.84 Å². The fraction of sp³-hybridized carbons (Fsp3) is 0.714. The molecule has 0 atom stereocenters. The van der Waals surface area contributed by atoms with Gasteiger partial charge in [0.05, 0.1) is 0 Å². The van der Waals surface area contributed by atoms with Gasteiger partial charge in [0.25, 0.3) is 0 Å². The van der Waals surface area contributed by atoms with Crippen LogP contribution in [0.4, 0.5) is 0 Å². The molecule has 0 saturated heterocycles. The number of hydrogen-bond acceptors (Lipinski definition) is 3. The number of allylic oxidation sites excluding steroid dienone is 1. The van der Waals surface area contributed by atoms with Crippen molar-refractivity contribution in [2.45, 2.75) is 27.2 Å². The summed E-state index contributed by atoms with van der Waals surface area (Å²) in [7, 11) is 5.52. The average Bonchev–Trinajstić information content (AvgIpc) is 2.43. The number of rotatable bonds is 8. The van der Waals surface area contributed by atoms with Crippen molar-refractivity contribution in [1.29, 1.82) is 0 Å². The maximum absolute atomic E-state index is 10.7. The van der Waals surface area contributed by atoms with Crippen molar-refractivity contribution in [1.82, 2.24) is 15.1 Å². The highest BCUT2D eigenvalue weighted by molar-refractivity contribution is 5.98. The number of nitrogens with zero attached hydrogens (tertiary/aromatic N) is 3. The molecule has 5 nitrogen and oxygen atoms in total. The van der Waals surface area contributed by atoms with E-state index in [4.69, 9.17) is 0 Å². The van der Waals surface area contributed by atoms with Gasteiger partial charge in [-0.15, -0.1) is 0 Å². The van der Waals surface area contributed by atoms with Crippen LogP contribution >= 0.6 is 0 Å². The van der Waals surface area contributed by atoms with E-state index in [2.05, 4.69) is 29.1 Å². The first kappa shape index (κ1) is 17.5. The molecule has 0 aliphatic carbocycles. The molecule has 0 spiro atoms. The van der Waals surface area contributed by atoms with Gasteiger partial charge in [-0.25, -0.2) is 0 Å². The zero-order chi connectivity index (χ0) is 14.8. The van der Waals surface area contributed by atoms with E-state index in [1.165, 1.54) is 0 Å². The van der Waals surface area contributed by atoms with Crippen molar-refractivity contribution in [3.05, 3.63) is 11.3 Å². The van der Waals surface area contributed by atoms with Crippen LogP contribution in [0.2, 0.25) is 0 Å². The quantitative estimate of drug-likeness (QED) is 0.410. The summed E-state index contributed by atoms with van der Waals surface area (Å²) < 4.78 is 0. The van der Waals surface area contributed by atoms with E-state index in [1.807, 2.05) is 21.0 Å². The zero-order valence-corrected chi connectivity index (χ0v) is 13.2. The second kappa shape index (κ2) is 9.42. The van der Waals surface area contributed by atoms with E-state index in [9.17, 15) is 4.79 Å². The minimum Gasteiger partial charge on any atom is -0.391 e. The minimum absolute atomic E-state index is 0.703. The number of hydrogen-bond donors (Lipinski definition) is 1.